The summed E-state index contributed by atoms with van der Waals surface area (Å²) < 4.78 is 0. The second kappa shape index (κ2) is 13.8. The molecule has 146 valence electrons. The van der Waals surface area contributed by atoms with Crippen molar-refractivity contribution in [3.8, 4) is 0 Å². The van der Waals surface area contributed by atoms with Crippen LogP contribution in [0, 0.1) is 5.92 Å². The average molecular weight is 410 g/mol. The molecule has 1 aliphatic rings. The number of rotatable bonds is 10. The van der Waals surface area contributed by atoms with Crippen molar-refractivity contribution < 1.29 is 4.79 Å². The van der Waals surface area contributed by atoms with E-state index in [4.69, 9.17) is 0 Å². The molecule has 1 N–H and O–H groups in total. The fraction of sp³-hybridized carbons (Fsp3) is 0.722. The van der Waals surface area contributed by atoms with Crippen molar-refractivity contribution in [1.29, 1.82) is 0 Å². The molecule has 1 saturated heterocycles. The monoisotopic (exact) mass is 409 g/mol. The van der Waals surface area contributed by atoms with Crippen LogP contribution in [0.25, 0.3) is 0 Å². The zero-order valence-corrected chi connectivity index (χ0v) is 17.9. The minimum absolute atomic E-state index is 0. The SMILES string of the molecule is CCN(CC)CCN(Cc1cccs1)C(=O)CCC1CCNC1.Cl.Cl. The van der Waals surface area contributed by atoms with E-state index in [-0.39, 0.29) is 24.8 Å². The summed E-state index contributed by atoms with van der Waals surface area (Å²) in [6.45, 7) is 11.2. The molecule has 0 spiro atoms. The van der Waals surface area contributed by atoms with E-state index in [0.29, 0.717) is 18.2 Å². The van der Waals surface area contributed by atoms with Crippen molar-refractivity contribution >= 4 is 42.1 Å². The van der Waals surface area contributed by atoms with Gasteiger partial charge in [-0.2, -0.15) is 0 Å². The molecule has 1 aromatic heterocycles. The highest BCUT2D eigenvalue weighted by Crippen LogP contribution is 2.17. The topological polar surface area (TPSA) is 35.6 Å². The van der Waals surface area contributed by atoms with E-state index in [0.717, 1.165) is 52.2 Å². The Hall–Kier alpha value is -0.330. The maximum absolute atomic E-state index is 12.7. The first kappa shape index (κ1) is 24.7. The fourth-order valence-electron chi connectivity index (χ4n) is 3.13. The lowest BCUT2D eigenvalue weighted by atomic mass is 10.0. The Balaban J connectivity index is 0.00000288. The number of carbonyl (C=O) groups is 1. The van der Waals surface area contributed by atoms with E-state index >= 15 is 0 Å². The van der Waals surface area contributed by atoms with Crippen LogP contribution in [0.1, 0.15) is 38.0 Å². The van der Waals surface area contributed by atoms with Gasteiger partial charge in [-0.3, -0.25) is 4.79 Å². The second-order valence-electron chi connectivity index (χ2n) is 6.32. The van der Waals surface area contributed by atoms with Crippen molar-refractivity contribution in [1.82, 2.24) is 15.1 Å². The number of carbonyl (C=O) groups excluding carboxylic acids is 1. The van der Waals surface area contributed by atoms with Gasteiger partial charge in [0.1, 0.15) is 0 Å². The third-order valence-electron chi connectivity index (χ3n) is 4.79. The summed E-state index contributed by atoms with van der Waals surface area (Å²) >= 11 is 1.74. The number of halogens is 2. The molecule has 1 aromatic rings. The summed E-state index contributed by atoms with van der Waals surface area (Å²) in [5.74, 6) is 1.00. The zero-order chi connectivity index (χ0) is 16.5. The maximum atomic E-state index is 12.7. The van der Waals surface area contributed by atoms with Gasteiger partial charge in [0.05, 0.1) is 6.54 Å². The number of nitrogens with zero attached hydrogens (tertiary/aromatic N) is 2. The van der Waals surface area contributed by atoms with Crippen LogP contribution in [0.2, 0.25) is 0 Å². The zero-order valence-electron chi connectivity index (χ0n) is 15.4. The highest BCUT2D eigenvalue weighted by atomic mass is 35.5. The molecule has 0 aromatic carbocycles. The van der Waals surface area contributed by atoms with Gasteiger partial charge in [-0.25, -0.2) is 0 Å². The van der Waals surface area contributed by atoms with E-state index in [2.05, 4.69) is 46.5 Å². The molecule has 0 radical (unpaired) electrons. The van der Waals surface area contributed by atoms with Crippen LogP contribution in [-0.2, 0) is 11.3 Å². The summed E-state index contributed by atoms with van der Waals surface area (Å²) in [4.78, 5) is 18.4. The molecule has 25 heavy (non-hydrogen) atoms. The molecular formula is C18H33Cl2N3OS. The first-order valence-corrected chi connectivity index (χ1v) is 9.84. The number of amides is 1. The van der Waals surface area contributed by atoms with Gasteiger partial charge in [0.2, 0.25) is 5.91 Å². The third kappa shape index (κ3) is 8.74. The molecule has 0 saturated carbocycles. The van der Waals surface area contributed by atoms with E-state index < -0.39 is 0 Å². The van der Waals surface area contributed by atoms with Crippen LogP contribution in [-0.4, -0.2) is 55.0 Å². The van der Waals surface area contributed by atoms with Crippen molar-refractivity contribution in [2.75, 3.05) is 39.3 Å². The molecule has 2 rings (SSSR count). The van der Waals surface area contributed by atoms with Crippen molar-refractivity contribution in [3.63, 3.8) is 0 Å². The highest BCUT2D eigenvalue weighted by Gasteiger charge is 2.19. The molecule has 4 nitrogen and oxygen atoms in total. The Kier molecular flexibility index (Phi) is 13.6. The molecular weight excluding hydrogens is 377 g/mol. The first-order valence-electron chi connectivity index (χ1n) is 8.96. The Bertz CT molecular complexity index is 449. The summed E-state index contributed by atoms with van der Waals surface area (Å²) in [6, 6.07) is 4.19. The predicted octanol–water partition coefficient (Wildman–Crippen LogP) is 3.65. The summed E-state index contributed by atoms with van der Waals surface area (Å²) in [6.07, 6.45) is 2.94. The predicted molar refractivity (Wildman–Crippen MR) is 112 cm³/mol. The average Bonchev–Trinajstić information content (AvgIpc) is 3.26. The van der Waals surface area contributed by atoms with Crippen LogP contribution in [0.3, 0.4) is 0 Å². The van der Waals surface area contributed by atoms with Gasteiger partial charge >= 0.3 is 0 Å². The van der Waals surface area contributed by atoms with Gasteiger partial charge < -0.3 is 15.1 Å². The Morgan fingerprint density at radius 3 is 2.60 bits per heavy atom. The molecule has 0 bridgehead atoms. The molecule has 0 aliphatic carbocycles. The largest absolute Gasteiger partial charge is 0.336 e. The molecule has 2 heterocycles. The van der Waals surface area contributed by atoms with E-state index in [1.807, 2.05) is 0 Å². The molecule has 7 heteroatoms. The smallest absolute Gasteiger partial charge is 0.222 e. The Labute approximate surface area is 169 Å². The fourth-order valence-corrected chi connectivity index (χ4v) is 3.85. The molecule has 1 unspecified atom stereocenters. The lowest BCUT2D eigenvalue weighted by Crippen LogP contribution is -2.38. The third-order valence-corrected chi connectivity index (χ3v) is 5.65. The lowest BCUT2D eigenvalue weighted by molar-refractivity contribution is -0.132. The van der Waals surface area contributed by atoms with Crippen molar-refractivity contribution in [2.45, 2.75) is 39.7 Å². The summed E-state index contributed by atoms with van der Waals surface area (Å²) in [7, 11) is 0. The first-order chi connectivity index (χ1) is 11.2. The van der Waals surface area contributed by atoms with Gasteiger partial charge in [-0.1, -0.05) is 19.9 Å². The van der Waals surface area contributed by atoms with Crippen molar-refractivity contribution in [3.05, 3.63) is 22.4 Å². The quantitative estimate of drug-likeness (QED) is 0.640. The number of thiophene rings is 1. The number of hydrogen-bond donors (Lipinski definition) is 1. The van der Waals surface area contributed by atoms with Gasteiger partial charge in [0.25, 0.3) is 0 Å². The van der Waals surface area contributed by atoms with Gasteiger partial charge in [-0.05, 0) is 56.4 Å². The van der Waals surface area contributed by atoms with E-state index in [1.165, 1.54) is 11.3 Å². The standard InChI is InChI=1S/C18H31N3OS.2ClH/c1-3-20(4-2)11-12-21(15-17-6-5-13-23-17)18(22)8-7-16-9-10-19-14-16;;/h5-6,13,16,19H,3-4,7-12,14-15H2,1-2H3;2*1H. The Morgan fingerprint density at radius 1 is 1.28 bits per heavy atom. The summed E-state index contributed by atoms with van der Waals surface area (Å²) in [5.41, 5.74) is 0. The molecule has 1 atom stereocenters. The number of nitrogens with one attached hydrogen (secondary N) is 1. The van der Waals surface area contributed by atoms with Crippen LogP contribution >= 0.6 is 36.2 Å². The van der Waals surface area contributed by atoms with Crippen LogP contribution in [0.5, 0.6) is 0 Å². The molecule has 1 aliphatic heterocycles. The van der Waals surface area contributed by atoms with Gasteiger partial charge in [0, 0.05) is 24.4 Å². The van der Waals surface area contributed by atoms with Crippen LogP contribution in [0.4, 0.5) is 0 Å². The highest BCUT2D eigenvalue weighted by molar-refractivity contribution is 7.09. The minimum Gasteiger partial charge on any atom is -0.336 e. The van der Waals surface area contributed by atoms with Crippen LogP contribution in [0.15, 0.2) is 17.5 Å². The summed E-state index contributed by atoms with van der Waals surface area (Å²) in [5, 5.41) is 5.48. The maximum Gasteiger partial charge on any atom is 0.222 e. The van der Waals surface area contributed by atoms with E-state index in [9.17, 15) is 4.79 Å². The van der Waals surface area contributed by atoms with Gasteiger partial charge in [-0.15, -0.1) is 36.2 Å². The van der Waals surface area contributed by atoms with Crippen LogP contribution < -0.4 is 5.32 Å². The second-order valence-corrected chi connectivity index (χ2v) is 7.35. The molecule has 1 amide bonds. The Morgan fingerprint density at radius 2 is 2.04 bits per heavy atom. The minimum atomic E-state index is 0. The lowest BCUT2D eigenvalue weighted by Gasteiger charge is -2.26. The van der Waals surface area contributed by atoms with E-state index in [1.54, 1.807) is 11.3 Å². The number of likely N-dealkylation sites (N-methyl/N-ethyl adjacent to an activating group) is 1. The van der Waals surface area contributed by atoms with Crippen molar-refractivity contribution in [2.24, 2.45) is 5.92 Å². The normalized spacial score (nSPS) is 16.4. The van der Waals surface area contributed by atoms with Gasteiger partial charge in [0.15, 0.2) is 0 Å². The molecule has 1 fully saturated rings. The number of hydrogen-bond acceptors (Lipinski definition) is 4.